The van der Waals surface area contributed by atoms with E-state index in [1.54, 1.807) is 13.0 Å². The van der Waals surface area contributed by atoms with Crippen molar-refractivity contribution in [2.24, 2.45) is 0 Å². The number of benzene rings is 1. The maximum atomic E-state index is 11.6. The van der Waals surface area contributed by atoms with Crippen molar-refractivity contribution < 1.29 is 18.8 Å². The molecule has 122 valence electrons. The number of ether oxygens (including phenoxy) is 1. The second kappa shape index (κ2) is 8.57. The summed E-state index contributed by atoms with van der Waals surface area (Å²) in [7, 11) is 0. The van der Waals surface area contributed by atoms with E-state index in [4.69, 9.17) is 9.26 Å². The minimum absolute atomic E-state index is 0.107. The van der Waals surface area contributed by atoms with Gasteiger partial charge in [0, 0.05) is 12.5 Å². The average molecular weight is 317 g/mol. The van der Waals surface area contributed by atoms with Crippen molar-refractivity contribution in [1.82, 2.24) is 10.5 Å². The van der Waals surface area contributed by atoms with Gasteiger partial charge in [-0.1, -0.05) is 23.4 Å². The second-order valence-corrected chi connectivity index (χ2v) is 4.91. The first kappa shape index (κ1) is 16.5. The molecule has 1 heterocycles. The molecular formula is C16H19N3O4. The number of nitrogens with one attached hydrogen (secondary N) is 2. The lowest BCUT2D eigenvalue weighted by atomic mass is 10.3. The fourth-order valence-corrected chi connectivity index (χ4v) is 1.82. The molecular weight excluding hydrogens is 298 g/mol. The number of aryl methyl sites for hydroxylation is 1. The van der Waals surface area contributed by atoms with Gasteiger partial charge in [0.05, 0.1) is 13.2 Å². The molecule has 0 aliphatic carbocycles. The van der Waals surface area contributed by atoms with Crippen LogP contribution in [0.4, 0.5) is 5.82 Å². The topological polar surface area (TPSA) is 93.5 Å². The molecule has 0 radical (unpaired) electrons. The number of nitrogens with zero attached hydrogens (tertiary/aromatic N) is 1. The van der Waals surface area contributed by atoms with Crippen molar-refractivity contribution in [3.8, 4) is 5.75 Å². The van der Waals surface area contributed by atoms with Crippen LogP contribution in [0.15, 0.2) is 40.9 Å². The van der Waals surface area contributed by atoms with Crippen molar-refractivity contribution in [3.05, 3.63) is 42.2 Å². The molecule has 1 aromatic heterocycles. The van der Waals surface area contributed by atoms with Gasteiger partial charge in [0.15, 0.2) is 5.82 Å². The lowest BCUT2D eigenvalue weighted by molar-refractivity contribution is -0.124. The summed E-state index contributed by atoms with van der Waals surface area (Å²) in [6.07, 6.45) is 0.869. The number of rotatable bonds is 8. The summed E-state index contributed by atoms with van der Waals surface area (Å²) >= 11 is 0. The number of amides is 2. The van der Waals surface area contributed by atoms with E-state index in [1.165, 1.54) is 0 Å². The summed E-state index contributed by atoms with van der Waals surface area (Å²) in [5, 5.41) is 8.70. The monoisotopic (exact) mass is 317 g/mol. The molecule has 2 N–H and O–H groups in total. The number of aromatic nitrogens is 1. The molecule has 0 spiro atoms. The molecule has 0 fully saturated rings. The lowest BCUT2D eigenvalue weighted by Gasteiger charge is -2.06. The van der Waals surface area contributed by atoms with Gasteiger partial charge in [0.1, 0.15) is 11.5 Å². The highest BCUT2D eigenvalue weighted by atomic mass is 16.5. The normalized spacial score (nSPS) is 10.1. The van der Waals surface area contributed by atoms with Crippen LogP contribution in [0.5, 0.6) is 5.75 Å². The molecule has 0 saturated heterocycles. The first-order valence-corrected chi connectivity index (χ1v) is 7.31. The van der Waals surface area contributed by atoms with Gasteiger partial charge >= 0.3 is 0 Å². The third-order valence-electron chi connectivity index (χ3n) is 2.90. The highest BCUT2D eigenvalue weighted by molar-refractivity contribution is 5.93. The zero-order chi connectivity index (χ0) is 16.5. The molecule has 2 aromatic rings. The SMILES string of the molecule is Cc1cc(NC(=O)CNC(=O)CCCOc2ccccc2)no1. The van der Waals surface area contributed by atoms with Gasteiger partial charge in [0.25, 0.3) is 0 Å². The highest BCUT2D eigenvalue weighted by Crippen LogP contribution is 2.09. The third-order valence-corrected chi connectivity index (χ3v) is 2.90. The number of hydrogen-bond acceptors (Lipinski definition) is 5. The Labute approximate surface area is 134 Å². The van der Waals surface area contributed by atoms with Crippen molar-refractivity contribution in [2.45, 2.75) is 19.8 Å². The Balaban J connectivity index is 1.57. The first-order valence-electron chi connectivity index (χ1n) is 7.31. The molecule has 7 nitrogen and oxygen atoms in total. The van der Waals surface area contributed by atoms with Gasteiger partial charge in [-0.05, 0) is 25.5 Å². The van der Waals surface area contributed by atoms with E-state index < -0.39 is 0 Å². The van der Waals surface area contributed by atoms with Gasteiger partial charge < -0.3 is 19.9 Å². The van der Waals surface area contributed by atoms with Gasteiger partial charge in [-0.2, -0.15) is 0 Å². The lowest BCUT2D eigenvalue weighted by Crippen LogP contribution is -2.32. The molecule has 2 rings (SSSR count). The summed E-state index contributed by atoms with van der Waals surface area (Å²) in [6.45, 7) is 2.06. The maximum absolute atomic E-state index is 11.6. The van der Waals surface area contributed by atoms with E-state index >= 15 is 0 Å². The fourth-order valence-electron chi connectivity index (χ4n) is 1.82. The van der Waals surface area contributed by atoms with Crippen molar-refractivity contribution in [2.75, 3.05) is 18.5 Å². The van der Waals surface area contributed by atoms with Crippen molar-refractivity contribution >= 4 is 17.6 Å². The summed E-state index contributed by atoms with van der Waals surface area (Å²) in [5.41, 5.74) is 0. The minimum Gasteiger partial charge on any atom is -0.494 e. The van der Waals surface area contributed by atoms with Gasteiger partial charge in [0.2, 0.25) is 11.8 Å². The summed E-state index contributed by atoms with van der Waals surface area (Å²) in [4.78, 5) is 23.2. The summed E-state index contributed by atoms with van der Waals surface area (Å²) < 4.78 is 10.3. The minimum atomic E-state index is -0.354. The second-order valence-electron chi connectivity index (χ2n) is 4.91. The van der Waals surface area contributed by atoms with Crippen LogP contribution in [0.1, 0.15) is 18.6 Å². The Morgan fingerprint density at radius 2 is 2.00 bits per heavy atom. The maximum Gasteiger partial charge on any atom is 0.245 e. The Morgan fingerprint density at radius 1 is 1.22 bits per heavy atom. The number of hydrogen-bond donors (Lipinski definition) is 2. The molecule has 1 aromatic carbocycles. The van der Waals surface area contributed by atoms with E-state index in [0.717, 1.165) is 5.75 Å². The van der Waals surface area contributed by atoms with Crippen molar-refractivity contribution in [1.29, 1.82) is 0 Å². The predicted octanol–water partition coefficient (Wildman–Crippen LogP) is 1.90. The molecule has 0 aliphatic rings. The Bertz CT molecular complexity index is 640. The average Bonchev–Trinajstić information content (AvgIpc) is 2.95. The number of carbonyl (C=O) groups is 2. The van der Waals surface area contributed by atoms with Gasteiger partial charge in [-0.25, -0.2) is 0 Å². The highest BCUT2D eigenvalue weighted by Gasteiger charge is 2.08. The molecule has 2 amide bonds. The van der Waals surface area contributed by atoms with Crippen LogP contribution in [0.3, 0.4) is 0 Å². The smallest absolute Gasteiger partial charge is 0.245 e. The standard InChI is InChI=1S/C16H19N3O4/c1-12-10-14(19-23-12)18-16(21)11-17-15(20)8-5-9-22-13-6-3-2-4-7-13/h2-4,6-7,10H,5,8-9,11H2,1H3,(H,17,20)(H,18,19,21). The zero-order valence-electron chi connectivity index (χ0n) is 12.9. The van der Waals surface area contributed by atoms with Crippen LogP contribution in [0, 0.1) is 6.92 Å². The van der Waals surface area contributed by atoms with E-state index in [-0.39, 0.29) is 18.4 Å². The number of para-hydroxylation sites is 1. The van der Waals surface area contributed by atoms with E-state index in [2.05, 4.69) is 15.8 Å². The number of carbonyl (C=O) groups excluding carboxylic acids is 2. The molecule has 0 saturated carbocycles. The largest absolute Gasteiger partial charge is 0.494 e. The molecule has 0 unspecified atom stereocenters. The van der Waals surface area contributed by atoms with Gasteiger partial charge in [-0.15, -0.1) is 0 Å². The first-order chi connectivity index (χ1) is 11.1. The van der Waals surface area contributed by atoms with E-state index in [1.807, 2.05) is 30.3 Å². The molecule has 0 bridgehead atoms. The van der Waals surface area contributed by atoms with Crippen LogP contribution in [0.25, 0.3) is 0 Å². The predicted molar refractivity (Wildman–Crippen MR) is 84.1 cm³/mol. The van der Waals surface area contributed by atoms with Gasteiger partial charge in [-0.3, -0.25) is 9.59 Å². The molecule has 0 aliphatic heterocycles. The summed E-state index contributed by atoms with van der Waals surface area (Å²) in [6, 6.07) is 11.0. The number of anilines is 1. The van der Waals surface area contributed by atoms with E-state index in [9.17, 15) is 9.59 Å². The Kier molecular flexibility index (Phi) is 6.17. The fraction of sp³-hybridized carbons (Fsp3) is 0.312. The van der Waals surface area contributed by atoms with Crippen molar-refractivity contribution in [3.63, 3.8) is 0 Å². The zero-order valence-corrected chi connectivity index (χ0v) is 12.9. The van der Waals surface area contributed by atoms with Crippen LogP contribution in [-0.2, 0) is 9.59 Å². The van der Waals surface area contributed by atoms with Crippen LogP contribution >= 0.6 is 0 Å². The Morgan fingerprint density at radius 3 is 2.70 bits per heavy atom. The van der Waals surface area contributed by atoms with Crippen LogP contribution in [-0.4, -0.2) is 30.1 Å². The Hall–Kier alpha value is -2.83. The molecule has 7 heteroatoms. The third kappa shape index (κ3) is 6.21. The summed E-state index contributed by atoms with van der Waals surface area (Å²) in [5.74, 6) is 1.15. The molecule has 0 atom stereocenters. The van der Waals surface area contributed by atoms with E-state index in [0.29, 0.717) is 31.0 Å². The molecule has 23 heavy (non-hydrogen) atoms. The van der Waals surface area contributed by atoms with Crippen LogP contribution < -0.4 is 15.4 Å². The quantitative estimate of drug-likeness (QED) is 0.725. The van der Waals surface area contributed by atoms with Crippen LogP contribution in [0.2, 0.25) is 0 Å².